The van der Waals surface area contributed by atoms with Gasteiger partial charge in [0.1, 0.15) is 0 Å². The molecular formula is C24H20As2F6. The molecule has 0 amide bonds. The Morgan fingerprint density at radius 3 is 0.656 bits per heavy atom. The molecule has 0 aromatic heterocycles. The van der Waals surface area contributed by atoms with Gasteiger partial charge in [-0.3, -0.25) is 0 Å². The monoisotopic (exact) mass is 572 g/mol. The van der Waals surface area contributed by atoms with Gasteiger partial charge in [0.25, 0.3) is 0 Å². The summed E-state index contributed by atoms with van der Waals surface area (Å²) in [7, 11) is 0. The molecule has 0 nitrogen and oxygen atoms in total. The molecule has 0 fully saturated rings. The molecule has 0 saturated carbocycles. The van der Waals surface area contributed by atoms with E-state index in [1.807, 2.05) is 0 Å². The van der Waals surface area contributed by atoms with Crippen LogP contribution >= 0.6 is 0 Å². The van der Waals surface area contributed by atoms with E-state index in [-0.39, 0.29) is 0 Å². The predicted molar refractivity (Wildman–Crippen MR) is 122 cm³/mol. The Morgan fingerprint density at radius 2 is 0.500 bits per heavy atom. The molecule has 32 heavy (non-hydrogen) atoms. The van der Waals surface area contributed by atoms with Crippen LogP contribution < -0.4 is 17.4 Å². The van der Waals surface area contributed by atoms with Crippen molar-refractivity contribution in [2.75, 3.05) is 0 Å². The molecule has 0 aliphatic heterocycles. The van der Waals surface area contributed by atoms with Crippen LogP contribution in [0.5, 0.6) is 0 Å². The average Bonchev–Trinajstić information content (AvgIpc) is 2.75. The topological polar surface area (TPSA) is 0 Å². The van der Waals surface area contributed by atoms with E-state index >= 15 is 0 Å². The molecule has 4 aromatic carbocycles. The van der Waals surface area contributed by atoms with Crippen molar-refractivity contribution >= 4 is 45.1 Å². The molecule has 0 heterocycles. The van der Waals surface area contributed by atoms with E-state index in [0.29, 0.717) is 0 Å². The Kier molecular flexibility index (Phi) is 6.43. The normalized spacial score (nSPS) is 13.8. The number of halogens is 6. The van der Waals surface area contributed by atoms with Gasteiger partial charge in [0.05, 0.1) is 0 Å². The molecule has 8 heteroatoms. The third kappa shape index (κ3) is 6.79. The van der Waals surface area contributed by atoms with Gasteiger partial charge < -0.3 is 0 Å². The van der Waals surface area contributed by atoms with Gasteiger partial charge in [-0.1, -0.05) is 0 Å². The minimum atomic E-state index is -11.1. The van der Waals surface area contributed by atoms with Crippen molar-refractivity contribution in [3.8, 4) is 0 Å². The number of hydrogen-bond acceptors (Lipinski definition) is 0. The second-order valence-corrected chi connectivity index (χ2v) is 18.1. The number of benzene rings is 4. The molecule has 4 rings (SSSR count). The molecule has 0 aliphatic rings. The summed E-state index contributed by atoms with van der Waals surface area (Å²) in [6, 6.07) is 44.2. The van der Waals surface area contributed by atoms with Crippen LogP contribution in [0.2, 0.25) is 0 Å². The van der Waals surface area contributed by atoms with Gasteiger partial charge >= 0.3 is 187 Å². The summed E-state index contributed by atoms with van der Waals surface area (Å²) in [6.07, 6.45) is 0. The maximum absolute atomic E-state index is 11.1. The van der Waals surface area contributed by atoms with E-state index < -0.39 is 27.7 Å². The average molecular weight is 572 g/mol. The van der Waals surface area contributed by atoms with Gasteiger partial charge in [0, 0.05) is 0 Å². The van der Waals surface area contributed by atoms with Gasteiger partial charge in [-0.2, -0.15) is 0 Å². The van der Waals surface area contributed by atoms with Gasteiger partial charge in [0.2, 0.25) is 0 Å². The fourth-order valence-corrected chi connectivity index (χ4v) is 12.5. The van der Waals surface area contributed by atoms with E-state index in [0.717, 1.165) is 0 Å². The molecule has 0 saturated heterocycles. The fraction of sp³-hybridized carbons (Fsp3) is 0. The Hall–Kier alpha value is -2.42. The molecule has 0 radical (unpaired) electrons. The summed E-state index contributed by atoms with van der Waals surface area (Å²) in [4.78, 5) is 0. The van der Waals surface area contributed by atoms with Crippen molar-refractivity contribution in [2.45, 2.75) is 0 Å². The summed E-state index contributed by atoms with van der Waals surface area (Å²) in [5, 5.41) is 0. The molecule has 4 aromatic rings. The van der Waals surface area contributed by atoms with Crippen molar-refractivity contribution in [2.24, 2.45) is 0 Å². The summed E-state index contributed by atoms with van der Waals surface area (Å²) in [6.45, 7) is 0. The molecule has 0 spiro atoms. The van der Waals surface area contributed by atoms with Crippen LogP contribution in [-0.4, -0.2) is 27.7 Å². The summed E-state index contributed by atoms with van der Waals surface area (Å²) >= 11 is -13.8. The first kappa shape index (κ1) is 24.2. The first-order valence-corrected chi connectivity index (χ1v) is 17.6. The molecule has 0 N–H and O–H groups in total. The summed E-state index contributed by atoms with van der Waals surface area (Å²) < 4.78 is 65.2. The van der Waals surface area contributed by atoms with Gasteiger partial charge in [-0.15, -0.1) is 0 Å². The van der Waals surface area contributed by atoms with E-state index in [1.165, 1.54) is 17.4 Å². The molecule has 0 unspecified atom stereocenters. The van der Waals surface area contributed by atoms with Crippen LogP contribution in [0.15, 0.2) is 121 Å². The van der Waals surface area contributed by atoms with E-state index in [4.69, 9.17) is 0 Å². The van der Waals surface area contributed by atoms with Crippen molar-refractivity contribution in [3.05, 3.63) is 121 Å². The van der Waals surface area contributed by atoms with Crippen molar-refractivity contribution in [3.63, 3.8) is 0 Å². The zero-order chi connectivity index (χ0) is 23.4. The fourth-order valence-electron chi connectivity index (χ4n) is 3.50. The molecule has 0 aliphatic carbocycles. The van der Waals surface area contributed by atoms with Crippen molar-refractivity contribution in [1.29, 1.82) is 0 Å². The second kappa shape index (κ2) is 8.50. The van der Waals surface area contributed by atoms with Gasteiger partial charge in [-0.05, 0) is 0 Å². The predicted octanol–water partition coefficient (Wildman–Crippen LogP) is 5.20. The second-order valence-electron chi connectivity index (χ2n) is 6.97. The molecule has 168 valence electrons. The van der Waals surface area contributed by atoms with E-state index in [1.54, 1.807) is 0 Å². The van der Waals surface area contributed by atoms with E-state index in [2.05, 4.69) is 121 Å². The number of hydrogen-bond donors (Lipinski definition) is 0. The van der Waals surface area contributed by atoms with Gasteiger partial charge in [-0.25, -0.2) is 0 Å². The molecule has 0 atom stereocenters. The maximum atomic E-state index is 9.91. The zero-order valence-corrected chi connectivity index (χ0v) is 20.5. The third-order valence-corrected chi connectivity index (χ3v) is 13.6. The Morgan fingerprint density at radius 1 is 0.344 bits per heavy atom. The molecule has 0 bridgehead atoms. The van der Waals surface area contributed by atoms with Crippen molar-refractivity contribution < 1.29 is 20.8 Å². The van der Waals surface area contributed by atoms with Gasteiger partial charge in [0.15, 0.2) is 0 Å². The van der Waals surface area contributed by atoms with Crippen LogP contribution in [0.25, 0.3) is 0 Å². The first-order valence-electron chi connectivity index (χ1n) is 9.55. The summed E-state index contributed by atoms with van der Waals surface area (Å²) in [5.41, 5.74) is 0. The molecular weight excluding hydrogens is 552 g/mol. The standard InChI is InChI=1S/C24H20As.AsF6/c1-5-13-21(14-6-1)25(22-15-7-2-8-16-22,23-17-9-3-10-18-23)24-19-11-4-12-20-24;2-1(3,4,5,6)7/h1-20H;/q+1;-1. The Balaban J connectivity index is 0.000000360. The van der Waals surface area contributed by atoms with Crippen molar-refractivity contribution in [1.82, 2.24) is 0 Å². The first-order chi connectivity index (χ1) is 14.9. The van der Waals surface area contributed by atoms with Crippen LogP contribution in [0.3, 0.4) is 0 Å². The van der Waals surface area contributed by atoms with Crippen LogP contribution in [0, 0.1) is 0 Å². The quantitative estimate of drug-likeness (QED) is 0.233. The Labute approximate surface area is 186 Å². The third-order valence-electron chi connectivity index (χ3n) is 4.57. The minimum absolute atomic E-state index is 1.45. The Bertz CT molecular complexity index is 958. The van der Waals surface area contributed by atoms with Crippen LogP contribution in [0.1, 0.15) is 0 Å². The van der Waals surface area contributed by atoms with E-state index in [9.17, 15) is 20.8 Å². The van der Waals surface area contributed by atoms with Crippen LogP contribution in [-0.2, 0) is 0 Å². The van der Waals surface area contributed by atoms with Crippen LogP contribution in [0.4, 0.5) is 20.8 Å². The summed E-state index contributed by atoms with van der Waals surface area (Å²) in [5.74, 6) is 0. The zero-order valence-electron chi connectivity index (χ0n) is 16.7. The number of rotatable bonds is 4. The SMILES string of the molecule is F[As-](F)(F)(F)(F)F.c1ccc([As+](c2ccccc2)(c2ccccc2)c2ccccc2)cc1.